The number of hydrogen-bond acceptors (Lipinski definition) is 7. The van der Waals surface area contributed by atoms with Crippen molar-refractivity contribution in [1.82, 2.24) is 5.16 Å². The standard InChI is InChI=1S/C27H24N2O6/c1-17-24(18(2)35-29-17)16-33-21-12-8-19(9-13-21)27(31)34-22-14-10-20(11-15-22)28-26(30)23-6-4-5-7-25(23)32-3/h4-15H,16H2,1-3H3,(H,28,30). The summed E-state index contributed by atoms with van der Waals surface area (Å²) in [6, 6.07) is 20.1. The number of rotatable bonds is 8. The number of anilines is 1. The molecule has 4 rings (SSSR count). The number of carbonyl (C=O) groups is 2. The summed E-state index contributed by atoms with van der Waals surface area (Å²) >= 11 is 0. The van der Waals surface area contributed by atoms with Gasteiger partial charge >= 0.3 is 5.97 Å². The predicted octanol–water partition coefficient (Wildman–Crippen LogP) is 5.35. The highest BCUT2D eigenvalue weighted by Crippen LogP contribution is 2.22. The van der Waals surface area contributed by atoms with Gasteiger partial charge in [0.25, 0.3) is 5.91 Å². The van der Waals surface area contributed by atoms with Crippen molar-refractivity contribution in [3.05, 3.63) is 101 Å². The second-order valence-corrected chi connectivity index (χ2v) is 7.68. The van der Waals surface area contributed by atoms with E-state index in [1.807, 2.05) is 13.8 Å². The Morgan fingerprint density at radius 2 is 1.60 bits per heavy atom. The van der Waals surface area contributed by atoms with Crippen molar-refractivity contribution in [3.63, 3.8) is 0 Å². The van der Waals surface area contributed by atoms with Crippen LogP contribution in [0.5, 0.6) is 17.2 Å². The van der Waals surface area contributed by atoms with E-state index in [-0.39, 0.29) is 5.91 Å². The van der Waals surface area contributed by atoms with Crippen LogP contribution in [0.25, 0.3) is 0 Å². The van der Waals surface area contributed by atoms with Crippen molar-refractivity contribution >= 4 is 17.6 Å². The second-order valence-electron chi connectivity index (χ2n) is 7.68. The van der Waals surface area contributed by atoms with Crippen LogP contribution in [-0.2, 0) is 6.61 Å². The lowest BCUT2D eigenvalue weighted by atomic mass is 10.2. The fraction of sp³-hybridized carbons (Fsp3) is 0.148. The van der Waals surface area contributed by atoms with Gasteiger partial charge in [0.2, 0.25) is 0 Å². The monoisotopic (exact) mass is 472 g/mol. The molecule has 3 aromatic carbocycles. The average Bonchev–Trinajstić information content (AvgIpc) is 3.20. The van der Waals surface area contributed by atoms with Gasteiger partial charge in [-0.15, -0.1) is 0 Å². The molecule has 0 atom stereocenters. The number of hydrogen-bond donors (Lipinski definition) is 1. The van der Waals surface area contributed by atoms with Crippen LogP contribution in [0.1, 0.15) is 37.7 Å². The Labute approximate surface area is 202 Å². The average molecular weight is 472 g/mol. The number of para-hydroxylation sites is 1. The number of ether oxygens (including phenoxy) is 3. The molecule has 1 N–H and O–H groups in total. The zero-order valence-corrected chi connectivity index (χ0v) is 19.5. The zero-order valence-electron chi connectivity index (χ0n) is 19.5. The van der Waals surface area contributed by atoms with E-state index < -0.39 is 5.97 Å². The molecule has 1 aromatic heterocycles. The first-order valence-electron chi connectivity index (χ1n) is 10.9. The van der Waals surface area contributed by atoms with E-state index in [1.165, 1.54) is 7.11 Å². The minimum atomic E-state index is -0.506. The van der Waals surface area contributed by atoms with Crippen LogP contribution in [-0.4, -0.2) is 24.1 Å². The molecule has 0 saturated carbocycles. The third kappa shape index (κ3) is 5.67. The maximum atomic E-state index is 12.5. The Kier molecular flexibility index (Phi) is 7.11. The van der Waals surface area contributed by atoms with E-state index in [0.29, 0.717) is 46.4 Å². The van der Waals surface area contributed by atoms with Gasteiger partial charge in [-0.25, -0.2) is 4.79 Å². The molecule has 35 heavy (non-hydrogen) atoms. The van der Waals surface area contributed by atoms with Crippen molar-refractivity contribution < 1.29 is 28.3 Å². The van der Waals surface area contributed by atoms with Gasteiger partial charge in [0.1, 0.15) is 29.6 Å². The van der Waals surface area contributed by atoms with Crippen molar-refractivity contribution in [2.24, 2.45) is 0 Å². The van der Waals surface area contributed by atoms with Crippen LogP contribution in [0.4, 0.5) is 5.69 Å². The summed E-state index contributed by atoms with van der Waals surface area (Å²) in [6.07, 6.45) is 0. The number of amides is 1. The quantitative estimate of drug-likeness (QED) is 0.272. The first kappa shape index (κ1) is 23.6. The molecule has 1 heterocycles. The summed E-state index contributed by atoms with van der Waals surface area (Å²) in [5.74, 6) is 1.35. The highest BCUT2D eigenvalue weighted by molar-refractivity contribution is 6.06. The fourth-order valence-electron chi connectivity index (χ4n) is 3.35. The first-order valence-corrected chi connectivity index (χ1v) is 10.9. The number of nitrogens with zero attached hydrogens (tertiary/aromatic N) is 1. The number of nitrogens with one attached hydrogen (secondary N) is 1. The smallest absolute Gasteiger partial charge is 0.343 e. The van der Waals surface area contributed by atoms with E-state index in [9.17, 15) is 9.59 Å². The van der Waals surface area contributed by atoms with Crippen LogP contribution in [0.3, 0.4) is 0 Å². The minimum Gasteiger partial charge on any atom is -0.496 e. The maximum absolute atomic E-state index is 12.5. The Balaban J connectivity index is 1.33. The molecule has 8 nitrogen and oxygen atoms in total. The predicted molar refractivity (Wildman–Crippen MR) is 129 cm³/mol. The van der Waals surface area contributed by atoms with Crippen LogP contribution < -0.4 is 19.5 Å². The lowest BCUT2D eigenvalue weighted by Gasteiger charge is -2.10. The number of esters is 1. The van der Waals surface area contributed by atoms with Gasteiger partial charge in [0, 0.05) is 5.69 Å². The number of aryl methyl sites for hydroxylation is 2. The molecule has 4 aromatic rings. The first-order chi connectivity index (χ1) is 16.9. The molecule has 1 amide bonds. The summed E-state index contributed by atoms with van der Waals surface area (Å²) in [7, 11) is 1.51. The SMILES string of the molecule is COc1ccccc1C(=O)Nc1ccc(OC(=O)c2ccc(OCc3c(C)noc3C)cc2)cc1. The normalized spacial score (nSPS) is 10.5. The van der Waals surface area contributed by atoms with Gasteiger partial charge in [-0.2, -0.15) is 0 Å². The molecule has 178 valence electrons. The van der Waals surface area contributed by atoms with Crippen molar-refractivity contribution in [2.75, 3.05) is 12.4 Å². The largest absolute Gasteiger partial charge is 0.496 e. The van der Waals surface area contributed by atoms with Gasteiger partial charge < -0.3 is 24.1 Å². The van der Waals surface area contributed by atoms with Crippen molar-refractivity contribution in [2.45, 2.75) is 20.5 Å². The van der Waals surface area contributed by atoms with Gasteiger partial charge in [0.15, 0.2) is 0 Å². The molecule has 8 heteroatoms. The molecule has 0 bridgehead atoms. The second kappa shape index (κ2) is 10.6. The summed E-state index contributed by atoms with van der Waals surface area (Å²) in [6.45, 7) is 4.01. The zero-order chi connectivity index (χ0) is 24.8. The van der Waals surface area contributed by atoms with E-state index >= 15 is 0 Å². The van der Waals surface area contributed by atoms with Crippen LogP contribution in [0.15, 0.2) is 77.3 Å². The van der Waals surface area contributed by atoms with Gasteiger partial charge in [-0.3, -0.25) is 4.79 Å². The Bertz CT molecular complexity index is 1310. The van der Waals surface area contributed by atoms with Gasteiger partial charge in [-0.05, 0) is 74.5 Å². The lowest BCUT2D eigenvalue weighted by Crippen LogP contribution is -2.13. The molecular formula is C27H24N2O6. The molecule has 0 aliphatic rings. The van der Waals surface area contributed by atoms with Gasteiger partial charge in [0.05, 0.1) is 29.5 Å². The molecule has 0 fully saturated rings. The Morgan fingerprint density at radius 1 is 0.914 bits per heavy atom. The minimum absolute atomic E-state index is 0.302. The summed E-state index contributed by atoms with van der Waals surface area (Å²) < 4.78 is 21.6. The molecule has 0 spiro atoms. The van der Waals surface area contributed by atoms with E-state index in [2.05, 4.69) is 10.5 Å². The van der Waals surface area contributed by atoms with Crippen molar-refractivity contribution in [3.8, 4) is 17.2 Å². The van der Waals surface area contributed by atoms with Crippen LogP contribution >= 0.6 is 0 Å². The number of aromatic nitrogens is 1. The van der Waals surface area contributed by atoms with Crippen LogP contribution in [0.2, 0.25) is 0 Å². The molecule has 0 unspecified atom stereocenters. The van der Waals surface area contributed by atoms with E-state index in [0.717, 1.165) is 11.3 Å². The third-order valence-corrected chi connectivity index (χ3v) is 5.33. The topological polar surface area (TPSA) is 99.9 Å². The highest BCUT2D eigenvalue weighted by atomic mass is 16.5. The lowest BCUT2D eigenvalue weighted by molar-refractivity contribution is 0.0734. The van der Waals surface area contributed by atoms with Gasteiger partial charge in [-0.1, -0.05) is 17.3 Å². The summed E-state index contributed by atoms with van der Waals surface area (Å²) in [5.41, 5.74) is 3.04. The third-order valence-electron chi connectivity index (χ3n) is 5.33. The number of methoxy groups -OCH3 is 1. The number of benzene rings is 3. The van der Waals surface area contributed by atoms with E-state index in [4.69, 9.17) is 18.7 Å². The Morgan fingerprint density at radius 3 is 2.26 bits per heavy atom. The number of carbonyl (C=O) groups excluding carboxylic acids is 2. The van der Waals surface area contributed by atoms with Crippen molar-refractivity contribution in [1.29, 1.82) is 0 Å². The maximum Gasteiger partial charge on any atom is 0.343 e. The Hall–Kier alpha value is -4.59. The highest BCUT2D eigenvalue weighted by Gasteiger charge is 2.13. The van der Waals surface area contributed by atoms with Crippen LogP contribution in [0, 0.1) is 13.8 Å². The summed E-state index contributed by atoms with van der Waals surface area (Å²) in [4.78, 5) is 25.0. The van der Waals surface area contributed by atoms with E-state index in [1.54, 1.807) is 72.8 Å². The molecule has 0 aliphatic carbocycles. The molecule has 0 radical (unpaired) electrons. The summed E-state index contributed by atoms with van der Waals surface area (Å²) in [5, 5.41) is 6.70. The molecule has 0 aliphatic heterocycles. The molecular weight excluding hydrogens is 448 g/mol. The fourth-order valence-corrected chi connectivity index (χ4v) is 3.35. The molecule has 0 saturated heterocycles.